The van der Waals surface area contributed by atoms with Gasteiger partial charge in [-0.15, -0.1) is 0 Å². The number of nitrogens with one attached hydrogen (secondary N) is 2. The van der Waals surface area contributed by atoms with Gasteiger partial charge in [0.15, 0.2) is 0 Å². The molecule has 0 radical (unpaired) electrons. The fourth-order valence-corrected chi connectivity index (χ4v) is 2.67. The third kappa shape index (κ3) is 5.45. The minimum absolute atomic E-state index is 0.0436. The van der Waals surface area contributed by atoms with Gasteiger partial charge in [-0.25, -0.2) is 0 Å². The van der Waals surface area contributed by atoms with Crippen molar-refractivity contribution >= 4 is 29.3 Å². The first-order chi connectivity index (χ1) is 13.6. The van der Waals surface area contributed by atoms with Crippen LogP contribution in [0.3, 0.4) is 0 Å². The summed E-state index contributed by atoms with van der Waals surface area (Å²) in [6.07, 6.45) is 4.28. The van der Waals surface area contributed by atoms with Gasteiger partial charge >= 0.3 is 0 Å². The SMILES string of the molecule is CCCC(=O)Nc1cccc(NC(=O)/C=C/c2ccc(-c3ccccc3)o2)c1. The van der Waals surface area contributed by atoms with Crippen LogP contribution in [0.4, 0.5) is 11.4 Å². The molecule has 0 aliphatic carbocycles. The number of furan rings is 1. The quantitative estimate of drug-likeness (QED) is 0.549. The van der Waals surface area contributed by atoms with Gasteiger partial charge in [0.2, 0.25) is 11.8 Å². The number of hydrogen-bond donors (Lipinski definition) is 2. The second kappa shape index (κ2) is 9.37. The number of amides is 2. The van der Waals surface area contributed by atoms with E-state index in [-0.39, 0.29) is 11.8 Å². The normalized spacial score (nSPS) is 10.8. The lowest BCUT2D eigenvalue weighted by Crippen LogP contribution is -2.11. The molecule has 2 amide bonds. The zero-order valence-corrected chi connectivity index (χ0v) is 15.6. The van der Waals surface area contributed by atoms with Crippen LogP contribution in [0.1, 0.15) is 25.5 Å². The molecule has 0 spiro atoms. The Morgan fingerprint density at radius 1 is 0.929 bits per heavy atom. The predicted molar refractivity (Wildman–Crippen MR) is 112 cm³/mol. The first-order valence-electron chi connectivity index (χ1n) is 9.18. The lowest BCUT2D eigenvalue weighted by atomic mass is 10.2. The summed E-state index contributed by atoms with van der Waals surface area (Å²) in [6, 6.07) is 20.5. The molecular formula is C23H22N2O3. The third-order valence-corrected chi connectivity index (χ3v) is 3.97. The fraction of sp³-hybridized carbons (Fsp3) is 0.130. The summed E-state index contributed by atoms with van der Waals surface area (Å²) in [5, 5.41) is 5.59. The molecule has 1 aromatic heterocycles. The van der Waals surface area contributed by atoms with Crippen molar-refractivity contribution in [1.82, 2.24) is 0 Å². The van der Waals surface area contributed by atoms with Crippen LogP contribution in [0.2, 0.25) is 0 Å². The van der Waals surface area contributed by atoms with Crippen molar-refractivity contribution in [2.75, 3.05) is 10.6 Å². The average Bonchev–Trinajstić information content (AvgIpc) is 3.17. The van der Waals surface area contributed by atoms with Gasteiger partial charge < -0.3 is 15.1 Å². The fourth-order valence-electron chi connectivity index (χ4n) is 2.67. The molecule has 5 nitrogen and oxygen atoms in total. The van der Waals surface area contributed by atoms with Crippen LogP contribution < -0.4 is 10.6 Å². The van der Waals surface area contributed by atoms with Crippen LogP contribution >= 0.6 is 0 Å². The number of benzene rings is 2. The van der Waals surface area contributed by atoms with Crippen molar-refractivity contribution in [3.8, 4) is 11.3 Å². The van der Waals surface area contributed by atoms with E-state index in [4.69, 9.17) is 4.42 Å². The molecule has 5 heteroatoms. The van der Waals surface area contributed by atoms with E-state index in [0.717, 1.165) is 17.7 Å². The van der Waals surface area contributed by atoms with Gasteiger partial charge in [-0.3, -0.25) is 9.59 Å². The van der Waals surface area contributed by atoms with Crippen molar-refractivity contribution in [3.05, 3.63) is 78.6 Å². The molecule has 28 heavy (non-hydrogen) atoms. The summed E-state index contributed by atoms with van der Waals surface area (Å²) in [4.78, 5) is 23.9. The van der Waals surface area contributed by atoms with Crippen molar-refractivity contribution in [3.63, 3.8) is 0 Å². The van der Waals surface area contributed by atoms with Crippen LogP contribution in [0.25, 0.3) is 17.4 Å². The molecule has 1 heterocycles. The van der Waals surface area contributed by atoms with E-state index in [0.29, 0.717) is 23.6 Å². The summed E-state index contributed by atoms with van der Waals surface area (Å²) in [5.74, 6) is 1.01. The van der Waals surface area contributed by atoms with Crippen LogP contribution in [-0.4, -0.2) is 11.8 Å². The maximum Gasteiger partial charge on any atom is 0.248 e. The Balaban J connectivity index is 1.60. The first-order valence-corrected chi connectivity index (χ1v) is 9.18. The van der Waals surface area contributed by atoms with Gasteiger partial charge in [-0.05, 0) is 42.8 Å². The zero-order valence-electron chi connectivity index (χ0n) is 15.6. The lowest BCUT2D eigenvalue weighted by Gasteiger charge is -2.07. The van der Waals surface area contributed by atoms with Gasteiger partial charge in [0.25, 0.3) is 0 Å². The molecule has 0 aliphatic rings. The van der Waals surface area contributed by atoms with Crippen molar-refractivity contribution in [2.24, 2.45) is 0 Å². The topological polar surface area (TPSA) is 71.3 Å². The van der Waals surface area contributed by atoms with Gasteiger partial charge in [0.1, 0.15) is 11.5 Å². The molecule has 0 saturated carbocycles. The highest BCUT2D eigenvalue weighted by Crippen LogP contribution is 2.22. The molecule has 0 fully saturated rings. The van der Waals surface area contributed by atoms with Crippen molar-refractivity contribution in [2.45, 2.75) is 19.8 Å². The van der Waals surface area contributed by atoms with E-state index in [1.165, 1.54) is 6.08 Å². The summed E-state index contributed by atoms with van der Waals surface area (Å²) >= 11 is 0. The minimum Gasteiger partial charge on any atom is -0.457 e. The van der Waals surface area contributed by atoms with Gasteiger partial charge in [0, 0.05) is 29.4 Å². The van der Waals surface area contributed by atoms with Gasteiger partial charge in [0.05, 0.1) is 0 Å². The van der Waals surface area contributed by atoms with E-state index in [1.807, 2.05) is 49.4 Å². The zero-order chi connectivity index (χ0) is 19.8. The maximum absolute atomic E-state index is 12.2. The standard InChI is InChI=1S/C23H22N2O3/c1-2-7-22(26)24-18-10-6-11-19(16-18)25-23(27)15-13-20-12-14-21(28-20)17-8-4-3-5-9-17/h3-6,8-16H,2,7H2,1H3,(H,24,26)(H,25,27)/b15-13+. The molecule has 3 aromatic rings. The molecular weight excluding hydrogens is 352 g/mol. The van der Waals surface area contributed by atoms with Crippen molar-refractivity contribution < 1.29 is 14.0 Å². The van der Waals surface area contributed by atoms with Crippen LogP contribution in [0.5, 0.6) is 0 Å². The number of carbonyl (C=O) groups is 2. The average molecular weight is 374 g/mol. The molecule has 3 rings (SSSR count). The number of carbonyl (C=O) groups excluding carboxylic acids is 2. The van der Waals surface area contributed by atoms with E-state index in [1.54, 1.807) is 30.3 Å². The van der Waals surface area contributed by atoms with Crippen LogP contribution in [-0.2, 0) is 9.59 Å². The number of anilines is 2. The molecule has 0 bridgehead atoms. The Hall–Kier alpha value is -3.60. The van der Waals surface area contributed by atoms with E-state index in [2.05, 4.69) is 10.6 Å². The van der Waals surface area contributed by atoms with E-state index >= 15 is 0 Å². The highest BCUT2D eigenvalue weighted by molar-refractivity contribution is 6.02. The van der Waals surface area contributed by atoms with E-state index < -0.39 is 0 Å². The van der Waals surface area contributed by atoms with Crippen molar-refractivity contribution in [1.29, 1.82) is 0 Å². The Kier molecular flexibility index (Phi) is 6.41. The lowest BCUT2D eigenvalue weighted by molar-refractivity contribution is -0.116. The van der Waals surface area contributed by atoms with Gasteiger partial charge in [-0.1, -0.05) is 43.3 Å². The third-order valence-electron chi connectivity index (χ3n) is 3.97. The molecule has 0 saturated heterocycles. The summed E-state index contributed by atoms with van der Waals surface area (Å²) in [6.45, 7) is 1.95. The van der Waals surface area contributed by atoms with Gasteiger partial charge in [-0.2, -0.15) is 0 Å². The Morgan fingerprint density at radius 3 is 2.43 bits per heavy atom. The summed E-state index contributed by atoms with van der Waals surface area (Å²) in [5.41, 5.74) is 2.24. The predicted octanol–water partition coefficient (Wildman–Crippen LogP) is 5.34. The molecule has 2 aromatic carbocycles. The highest BCUT2D eigenvalue weighted by Gasteiger charge is 2.05. The molecule has 0 atom stereocenters. The monoisotopic (exact) mass is 374 g/mol. The second-order valence-electron chi connectivity index (χ2n) is 6.27. The summed E-state index contributed by atoms with van der Waals surface area (Å²) in [7, 11) is 0. The maximum atomic E-state index is 12.2. The summed E-state index contributed by atoms with van der Waals surface area (Å²) < 4.78 is 5.74. The molecule has 0 aliphatic heterocycles. The van der Waals surface area contributed by atoms with Crippen LogP contribution in [0.15, 0.2) is 77.2 Å². The highest BCUT2D eigenvalue weighted by atomic mass is 16.3. The Bertz CT molecular complexity index is 974. The Morgan fingerprint density at radius 2 is 1.68 bits per heavy atom. The molecule has 142 valence electrons. The Labute approximate surface area is 164 Å². The first kappa shape index (κ1) is 19.2. The number of hydrogen-bond acceptors (Lipinski definition) is 3. The largest absolute Gasteiger partial charge is 0.457 e. The number of rotatable bonds is 7. The smallest absolute Gasteiger partial charge is 0.248 e. The molecule has 0 unspecified atom stereocenters. The molecule has 2 N–H and O–H groups in total. The van der Waals surface area contributed by atoms with Crippen LogP contribution in [0, 0.1) is 0 Å². The second-order valence-corrected chi connectivity index (χ2v) is 6.27. The minimum atomic E-state index is -0.283. The van der Waals surface area contributed by atoms with E-state index in [9.17, 15) is 9.59 Å².